The van der Waals surface area contributed by atoms with Crippen molar-refractivity contribution in [3.63, 3.8) is 0 Å². The monoisotopic (exact) mass is 293 g/mol. The SMILES string of the molecule is C.C.C.C.CCCC(C)(C)C(C)(C)C.CCN(C)CC. The van der Waals surface area contributed by atoms with Crippen LogP contribution in [0.25, 0.3) is 0 Å². The molecule has 0 saturated heterocycles. The molecular formula is C19H51N. The van der Waals surface area contributed by atoms with Gasteiger partial charge in [0, 0.05) is 0 Å². The quantitative estimate of drug-likeness (QED) is 0.523. The van der Waals surface area contributed by atoms with E-state index in [2.05, 4.69) is 67.3 Å². The van der Waals surface area contributed by atoms with Crippen LogP contribution in [-0.2, 0) is 0 Å². The van der Waals surface area contributed by atoms with Gasteiger partial charge in [-0.1, -0.05) is 91.5 Å². The Kier molecular flexibility index (Phi) is 31.3. The zero-order chi connectivity index (χ0) is 13.4. The minimum atomic E-state index is 0. The number of hydrogen-bond acceptors (Lipinski definition) is 1. The summed E-state index contributed by atoms with van der Waals surface area (Å²) in [5, 5.41) is 0. The third kappa shape index (κ3) is 18.0. The van der Waals surface area contributed by atoms with Gasteiger partial charge in [0.05, 0.1) is 0 Å². The second-order valence-corrected chi connectivity index (χ2v) is 6.37. The predicted octanol–water partition coefficient (Wildman–Crippen LogP) is 7.36. The first kappa shape index (κ1) is 36.8. The standard InChI is InChI=1S/C10H22.C5H13N.4CH4/c1-7-8-10(5,6)9(2,3)4;1-4-6(3)5-2;;;;/h7-8H2,1-6H3;4-5H2,1-3H3;4*1H4. The van der Waals surface area contributed by atoms with E-state index in [4.69, 9.17) is 0 Å². The summed E-state index contributed by atoms with van der Waals surface area (Å²) in [6.45, 7) is 20.6. The van der Waals surface area contributed by atoms with Gasteiger partial charge in [0.15, 0.2) is 0 Å². The van der Waals surface area contributed by atoms with Crippen molar-refractivity contribution < 1.29 is 0 Å². The summed E-state index contributed by atoms with van der Waals surface area (Å²) in [7, 11) is 2.11. The average Bonchev–Trinajstić information content (AvgIpc) is 2.16. The molecule has 0 aromatic carbocycles. The molecule has 0 rings (SSSR count). The highest BCUT2D eigenvalue weighted by Crippen LogP contribution is 2.41. The zero-order valence-corrected chi connectivity index (χ0v) is 13.3. The molecule has 0 aliphatic rings. The predicted molar refractivity (Wildman–Crippen MR) is 104 cm³/mol. The van der Waals surface area contributed by atoms with Crippen LogP contribution in [0.3, 0.4) is 0 Å². The lowest BCUT2D eigenvalue weighted by atomic mass is 9.67. The Bertz CT molecular complexity index is 150. The minimum Gasteiger partial charge on any atom is -0.307 e. The molecule has 132 valence electrons. The Morgan fingerprint density at radius 1 is 0.700 bits per heavy atom. The Morgan fingerprint density at radius 2 is 1.00 bits per heavy atom. The molecule has 1 heteroatoms. The number of nitrogens with zero attached hydrogens (tertiary/aromatic N) is 1. The van der Waals surface area contributed by atoms with Gasteiger partial charge in [0.25, 0.3) is 0 Å². The summed E-state index contributed by atoms with van der Waals surface area (Å²) < 4.78 is 0. The lowest BCUT2D eigenvalue weighted by Crippen LogP contribution is -2.29. The fraction of sp³-hybridized carbons (Fsp3) is 1.00. The highest BCUT2D eigenvalue weighted by molar-refractivity contribution is 4.81. The van der Waals surface area contributed by atoms with Crippen molar-refractivity contribution >= 4 is 0 Å². The molecule has 0 aliphatic heterocycles. The molecule has 0 saturated carbocycles. The Morgan fingerprint density at radius 3 is 1.05 bits per heavy atom. The third-order valence-corrected chi connectivity index (χ3v) is 3.98. The van der Waals surface area contributed by atoms with Crippen molar-refractivity contribution in [3.05, 3.63) is 0 Å². The molecule has 0 aromatic rings. The molecule has 0 heterocycles. The van der Waals surface area contributed by atoms with Crippen molar-refractivity contribution in [2.75, 3.05) is 20.1 Å². The molecule has 0 unspecified atom stereocenters. The van der Waals surface area contributed by atoms with Crippen LogP contribution in [0.5, 0.6) is 0 Å². The van der Waals surface area contributed by atoms with Gasteiger partial charge in [-0.2, -0.15) is 0 Å². The van der Waals surface area contributed by atoms with Crippen molar-refractivity contribution in [1.82, 2.24) is 4.90 Å². The lowest BCUT2D eigenvalue weighted by Gasteiger charge is -2.38. The second-order valence-electron chi connectivity index (χ2n) is 6.37. The van der Waals surface area contributed by atoms with Gasteiger partial charge in [0.2, 0.25) is 0 Å². The van der Waals surface area contributed by atoms with Gasteiger partial charge >= 0.3 is 0 Å². The number of rotatable bonds is 4. The molecule has 1 nitrogen and oxygen atoms in total. The maximum Gasteiger partial charge on any atom is -0.00504 e. The lowest BCUT2D eigenvalue weighted by molar-refractivity contribution is 0.119. The van der Waals surface area contributed by atoms with Crippen LogP contribution in [0.4, 0.5) is 0 Å². The average molecular weight is 294 g/mol. The highest BCUT2D eigenvalue weighted by Gasteiger charge is 2.31. The normalized spacial score (nSPS) is 9.90. The van der Waals surface area contributed by atoms with Crippen molar-refractivity contribution in [3.8, 4) is 0 Å². The van der Waals surface area contributed by atoms with Crippen LogP contribution in [0.2, 0.25) is 0 Å². The summed E-state index contributed by atoms with van der Waals surface area (Å²) in [4.78, 5) is 2.25. The van der Waals surface area contributed by atoms with Crippen molar-refractivity contribution in [2.24, 2.45) is 10.8 Å². The molecule has 20 heavy (non-hydrogen) atoms. The van der Waals surface area contributed by atoms with E-state index in [0.717, 1.165) is 13.1 Å². The van der Waals surface area contributed by atoms with Crippen LogP contribution in [0, 0.1) is 10.8 Å². The van der Waals surface area contributed by atoms with E-state index in [9.17, 15) is 0 Å². The van der Waals surface area contributed by atoms with Gasteiger partial charge < -0.3 is 4.90 Å². The van der Waals surface area contributed by atoms with Gasteiger partial charge in [-0.25, -0.2) is 0 Å². The van der Waals surface area contributed by atoms with E-state index < -0.39 is 0 Å². The molecular weight excluding hydrogens is 242 g/mol. The molecule has 0 spiro atoms. The largest absolute Gasteiger partial charge is 0.307 e. The van der Waals surface area contributed by atoms with Gasteiger partial charge in [-0.15, -0.1) is 0 Å². The molecule has 0 aromatic heterocycles. The molecule has 0 radical (unpaired) electrons. The molecule has 0 N–H and O–H groups in total. The highest BCUT2D eigenvalue weighted by atomic mass is 15.1. The van der Waals surface area contributed by atoms with Gasteiger partial charge in [-0.05, 0) is 37.4 Å². The summed E-state index contributed by atoms with van der Waals surface area (Å²) in [5.41, 5.74) is 0.935. The first-order valence-corrected chi connectivity index (χ1v) is 6.80. The summed E-state index contributed by atoms with van der Waals surface area (Å²) in [6, 6.07) is 0. The van der Waals surface area contributed by atoms with Crippen LogP contribution < -0.4 is 0 Å². The van der Waals surface area contributed by atoms with Crippen molar-refractivity contribution in [1.29, 1.82) is 0 Å². The van der Waals surface area contributed by atoms with Gasteiger partial charge in [-0.3, -0.25) is 0 Å². The van der Waals surface area contributed by atoms with Crippen LogP contribution in [0.15, 0.2) is 0 Å². The smallest absolute Gasteiger partial charge is 0.00504 e. The van der Waals surface area contributed by atoms with E-state index in [1.807, 2.05) is 0 Å². The van der Waals surface area contributed by atoms with Crippen molar-refractivity contribution in [2.45, 2.75) is 97.9 Å². The maximum absolute atomic E-state index is 2.36. The zero-order valence-electron chi connectivity index (χ0n) is 13.3. The van der Waals surface area contributed by atoms with Crippen LogP contribution in [-0.4, -0.2) is 25.0 Å². The fourth-order valence-corrected chi connectivity index (χ4v) is 1.22. The van der Waals surface area contributed by atoms with E-state index in [-0.39, 0.29) is 29.7 Å². The fourth-order valence-electron chi connectivity index (χ4n) is 1.22. The van der Waals surface area contributed by atoms with Crippen LogP contribution >= 0.6 is 0 Å². The molecule has 0 bridgehead atoms. The Hall–Kier alpha value is -0.0400. The van der Waals surface area contributed by atoms with E-state index in [0.29, 0.717) is 10.8 Å². The summed E-state index contributed by atoms with van der Waals surface area (Å²) >= 11 is 0. The second kappa shape index (κ2) is 17.0. The molecule has 0 atom stereocenters. The third-order valence-electron chi connectivity index (χ3n) is 3.98. The topological polar surface area (TPSA) is 3.24 Å². The molecule has 0 fully saturated rings. The first-order valence-electron chi connectivity index (χ1n) is 6.80. The van der Waals surface area contributed by atoms with E-state index in [1.54, 1.807) is 0 Å². The van der Waals surface area contributed by atoms with Gasteiger partial charge in [0.1, 0.15) is 0 Å². The van der Waals surface area contributed by atoms with E-state index in [1.165, 1.54) is 12.8 Å². The Balaban J connectivity index is -0.0000000440. The van der Waals surface area contributed by atoms with E-state index >= 15 is 0 Å². The molecule has 0 amide bonds. The Labute approximate surface area is 134 Å². The maximum atomic E-state index is 2.36. The first-order chi connectivity index (χ1) is 7.12. The number of hydrogen-bond donors (Lipinski definition) is 0. The molecule has 0 aliphatic carbocycles. The summed E-state index contributed by atoms with van der Waals surface area (Å²) in [5.74, 6) is 0. The van der Waals surface area contributed by atoms with Crippen LogP contribution in [0.1, 0.15) is 97.9 Å². The minimum absolute atomic E-state index is 0. The summed E-state index contributed by atoms with van der Waals surface area (Å²) in [6.07, 6.45) is 2.63.